The van der Waals surface area contributed by atoms with E-state index in [1.807, 2.05) is 0 Å². The summed E-state index contributed by atoms with van der Waals surface area (Å²) < 4.78 is 8.98. The molecular formula is C7H9BrO4. The van der Waals surface area contributed by atoms with Crippen molar-refractivity contribution in [3.05, 3.63) is 12.3 Å². The van der Waals surface area contributed by atoms with Crippen molar-refractivity contribution in [2.45, 2.75) is 6.92 Å². The zero-order valence-corrected chi connectivity index (χ0v) is 8.22. The lowest BCUT2D eigenvalue weighted by molar-refractivity contribution is -0.149. The number of alkyl halides is 1. The summed E-state index contributed by atoms with van der Waals surface area (Å²) in [6.45, 7) is 5.10. The Balaban J connectivity index is 3.87. The second-order valence-electron chi connectivity index (χ2n) is 1.75. The first-order valence-electron chi connectivity index (χ1n) is 3.24. The molecule has 0 amide bonds. The molecule has 68 valence electrons. The molecule has 0 saturated carbocycles. The van der Waals surface area contributed by atoms with Gasteiger partial charge in [-0.25, -0.2) is 4.79 Å². The van der Waals surface area contributed by atoms with E-state index in [0.717, 1.165) is 0 Å². The Bertz CT molecular complexity index is 200. The molecule has 0 fully saturated rings. The smallest absolute Gasteiger partial charge is 0.373 e. The second-order valence-corrected chi connectivity index (χ2v) is 2.31. The highest BCUT2D eigenvalue weighted by Gasteiger charge is 2.12. The van der Waals surface area contributed by atoms with Gasteiger partial charge in [0.15, 0.2) is 0 Å². The van der Waals surface area contributed by atoms with Crippen molar-refractivity contribution in [2.75, 3.05) is 11.9 Å². The molecule has 0 heterocycles. The molecular weight excluding hydrogens is 228 g/mol. The van der Waals surface area contributed by atoms with Crippen LogP contribution in [0.2, 0.25) is 0 Å². The van der Waals surface area contributed by atoms with Crippen LogP contribution in [0.25, 0.3) is 0 Å². The van der Waals surface area contributed by atoms with Gasteiger partial charge < -0.3 is 9.47 Å². The fraction of sp³-hybridized carbons (Fsp3) is 0.429. The van der Waals surface area contributed by atoms with E-state index in [0.29, 0.717) is 0 Å². The molecule has 0 unspecified atom stereocenters. The maximum Gasteiger partial charge on any atom is 0.373 e. The largest absolute Gasteiger partial charge is 0.460 e. The van der Waals surface area contributed by atoms with Crippen molar-refractivity contribution < 1.29 is 19.1 Å². The Morgan fingerprint density at radius 2 is 2.08 bits per heavy atom. The van der Waals surface area contributed by atoms with Crippen molar-refractivity contribution in [3.63, 3.8) is 0 Å². The molecule has 5 heteroatoms. The van der Waals surface area contributed by atoms with Crippen LogP contribution in [0.1, 0.15) is 6.92 Å². The first-order chi connectivity index (χ1) is 5.61. The summed E-state index contributed by atoms with van der Waals surface area (Å²) in [5, 5.41) is 0.0193. The van der Waals surface area contributed by atoms with Crippen molar-refractivity contribution >= 4 is 27.9 Å². The van der Waals surface area contributed by atoms with Crippen LogP contribution in [0.4, 0.5) is 0 Å². The molecule has 0 bridgehead atoms. The molecule has 0 spiro atoms. The quantitative estimate of drug-likeness (QED) is 0.317. The molecule has 0 aliphatic rings. The molecule has 0 rings (SSSR count). The number of hydrogen-bond donors (Lipinski definition) is 0. The van der Waals surface area contributed by atoms with Gasteiger partial charge in [0.2, 0.25) is 5.76 Å². The number of ether oxygens (including phenoxy) is 2. The van der Waals surface area contributed by atoms with E-state index >= 15 is 0 Å². The Morgan fingerprint density at radius 3 is 2.50 bits per heavy atom. The van der Waals surface area contributed by atoms with Gasteiger partial charge >= 0.3 is 11.9 Å². The van der Waals surface area contributed by atoms with Gasteiger partial charge in [0, 0.05) is 0 Å². The highest BCUT2D eigenvalue weighted by molar-refractivity contribution is 9.09. The normalized spacial score (nSPS) is 8.83. The minimum Gasteiger partial charge on any atom is -0.460 e. The highest BCUT2D eigenvalue weighted by atomic mass is 79.9. The first kappa shape index (κ1) is 11.2. The molecule has 0 atom stereocenters. The lowest BCUT2D eigenvalue weighted by atomic mass is 10.5. The van der Waals surface area contributed by atoms with E-state index in [1.165, 1.54) is 0 Å². The van der Waals surface area contributed by atoms with Crippen molar-refractivity contribution in [1.82, 2.24) is 0 Å². The predicted molar refractivity (Wildman–Crippen MR) is 45.7 cm³/mol. The maximum atomic E-state index is 10.8. The summed E-state index contributed by atoms with van der Waals surface area (Å²) in [4.78, 5) is 21.4. The van der Waals surface area contributed by atoms with Crippen LogP contribution in [-0.2, 0) is 19.1 Å². The van der Waals surface area contributed by atoms with Gasteiger partial charge in [0.25, 0.3) is 0 Å². The minimum atomic E-state index is -0.716. The standard InChI is InChI=1S/C7H9BrO4/c1-3-11-7(10)5(2)12-6(9)4-8/h2-4H2,1H3. The van der Waals surface area contributed by atoms with Gasteiger partial charge in [-0.05, 0) is 13.5 Å². The summed E-state index contributed by atoms with van der Waals surface area (Å²) in [5.74, 6) is -1.58. The van der Waals surface area contributed by atoms with Crippen LogP contribution in [0.3, 0.4) is 0 Å². The molecule has 0 N–H and O–H groups in total. The summed E-state index contributed by atoms with van der Waals surface area (Å²) in [6, 6.07) is 0. The number of hydrogen-bond acceptors (Lipinski definition) is 4. The number of esters is 2. The summed E-state index contributed by atoms with van der Waals surface area (Å²) in [7, 11) is 0. The number of carbonyl (C=O) groups is 2. The van der Waals surface area contributed by atoms with Crippen LogP contribution in [0.15, 0.2) is 12.3 Å². The molecule has 4 nitrogen and oxygen atoms in total. The van der Waals surface area contributed by atoms with Crippen molar-refractivity contribution in [1.29, 1.82) is 0 Å². The van der Waals surface area contributed by atoms with Crippen LogP contribution in [0, 0.1) is 0 Å². The molecule has 0 aliphatic carbocycles. The third-order valence-electron chi connectivity index (χ3n) is 0.849. The van der Waals surface area contributed by atoms with Gasteiger partial charge in [-0.15, -0.1) is 0 Å². The summed E-state index contributed by atoms with van der Waals surface area (Å²) in [5.41, 5.74) is 0. The van der Waals surface area contributed by atoms with Gasteiger partial charge in [-0.3, -0.25) is 4.79 Å². The molecule has 0 aliphatic heterocycles. The van der Waals surface area contributed by atoms with E-state index < -0.39 is 11.9 Å². The van der Waals surface area contributed by atoms with Crippen molar-refractivity contribution in [3.8, 4) is 0 Å². The predicted octanol–water partition coefficient (Wildman–Crippen LogP) is 1.00. The molecule has 0 aromatic rings. The number of halogens is 1. The van der Waals surface area contributed by atoms with Crippen LogP contribution >= 0.6 is 15.9 Å². The molecule has 12 heavy (non-hydrogen) atoms. The van der Waals surface area contributed by atoms with E-state index in [9.17, 15) is 9.59 Å². The van der Waals surface area contributed by atoms with Crippen LogP contribution in [-0.4, -0.2) is 23.9 Å². The maximum absolute atomic E-state index is 10.8. The van der Waals surface area contributed by atoms with Crippen LogP contribution in [0.5, 0.6) is 0 Å². The zero-order chi connectivity index (χ0) is 9.56. The van der Waals surface area contributed by atoms with Gasteiger partial charge in [0.05, 0.1) is 6.61 Å². The van der Waals surface area contributed by atoms with E-state index in [2.05, 4.69) is 32.0 Å². The van der Waals surface area contributed by atoms with Gasteiger partial charge in [0.1, 0.15) is 5.33 Å². The third-order valence-corrected chi connectivity index (χ3v) is 1.31. The zero-order valence-electron chi connectivity index (χ0n) is 6.63. The Labute approximate surface area is 78.7 Å². The minimum absolute atomic E-state index is 0.0193. The SMILES string of the molecule is C=C(OC(=O)CBr)C(=O)OCC. The Hall–Kier alpha value is -0.840. The van der Waals surface area contributed by atoms with Gasteiger partial charge in [-0.2, -0.15) is 0 Å². The van der Waals surface area contributed by atoms with E-state index in [-0.39, 0.29) is 17.7 Å². The lowest BCUT2D eigenvalue weighted by Crippen LogP contribution is -2.14. The monoisotopic (exact) mass is 236 g/mol. The molecule has 0 radical (unpaired) electrons. The van der Waals surface area contributed by atoms with Crippen LogP contribution < -0.4 is 0 Å². The average molecular weight is 237 g/mol. The van der Waals surface area contributed by atoms with Gasteiger partial charge in [-0.1, -0.05) is 15.9 Å². The Morgan fingerprint density at radius 1 is 1.50 bits per heavy atom. The average Bonchev–Trinajstić information content (AvgIpc) is 2.04. The molecule has 0 aromatic heterocycles. The van der Waals surface area contributed by atoms with E-state index in [1.54, 1.807) is 6.92 Å². The second kappa shape index (κ2) is 5.77. The lowest BCUT2D eigenvalue weighted by Gasteiger charge is -2.03. The molecule has 0 aromatic carbocycles. The topological polar surface area (TPSA) is 52.6 Å². The highest BCUT2D eigenvalue weighted by Crippen LogP contribution is 1.99. The fourth-order valence-corrected chi connectivity index (χ4v) is 0.532. The van der Waals surface area contributed by atoms with Crippen molar-refractivity contribution in [2.24, 2.45) is 0 Å². The summed E-state index contributed by atoms with van der Waals surface area (Å²) in [6.07, 6.45) is 0. The first-order valence-corrected chi connectivity index (χ1v) is 4.36. The fourth-order valence-electron chi connectivity index (χ4n) is 0.418. The Kier molecular flexibility index (Phi) is 5.36. The number of rotatable bonds is 4. The number of carbonyl (C=O) groups excluding carboxylic acids is 2. The van der Waals surface area contributed by atoms with E-state index in [4.69, 9.17) is 0 Å². The molecule has 0 saturated heterocycles. The summed E-state index contributed by atoms with van der Waals surface area (Å²) >= 11 is 2.86. The third kappa shape index (κ3) is 4.12.